The van der Waals surface area contributed by atoms with Crippen LogP contribution in [0.2, 0.25) is 0 Å². The Bertz CT molecular complexity index is 672. The van der Waals surface area contributed by atoms with Gasteiger partial charge in [-0.15, -0.1) is 11.3 Å². The van der Waals surface area contributed by atoms with Gasteiger partial charge in [-0.25, -0.2) is 13.4 Å². The number of sulfone groups is 1. The number of carbonyl (C=O) groups is 1. The second-order valence-corrected chi connectivity index (χ2v) is 7.39. The molecule has 3 rings (SSSR count). The Hall–Kier alpha value is -1.41. The fraction of sp³-hybridized carbons (Fsp3) is 0.400. The first-order chi connectivity index (χ1) is 8.53. The summed E-state index contributed by atoms with van der Waals surface area (Å²) < 4.78 is 24.3. The lowest BCUT2D eigenvalue weighted by atomic mass is 10.2. The molecule has 8 heteroatoms. The first kappa shape index (κ1) is 11.7. The molecule has 96 valence electrons. The number of hydrogen-bond acceptors (Lipinski definition) is 5. The van der Waals surface area contributed by atoms with E-state index in [-0.39, 0.29) is 23.5 Å². The van der Waals surface area contributed by atoms with E-state index in [1.54, 1.807) is 10.6 Å². The fourth-order valence-electron chi connectivity index (χ4n) is 2.01. The Morgan fingerprint density at radius 3 is 3.06 bits per heavy atom. The van der Waals surface area contributed by atoms with E-state index in [9.17, 15) is 13.2 Å². The molecule has 2 aromatic heterocycles. The summed E-state index contributed by atoms with van der Waals surface area (Å²) in [5.41, 5.74) is 0.325. The first-order valence-electron chi connectivity index (χ1n) is 5.47. The van der Waals surface area contributed by atoms with E-state index >= 15 is 0 Å². The highest BCUT2D eigenvalue weighted by atomic mass is 32.2. The summed E-state index contributed by atoms with van der Waals surface area (Å²) >= 11 is 1.44. The molecule has 18 heavy (non-hydrogen) atoms. The zero-order valence-corrected chi connectivity index (χ0v) is 11.0. The van der Waals surface area contributed by atoms with Gasteiger partial charge in [-0.3, -0.25) is 9.20 Å². The molecule has 1 saturated heterocycles. The molecule has 0 saturated carbocycles. The highest BCUT2D eigenvalue weighted by Gasteiger charge is 2.29. The van der Waals surface area contributed by atoms with E-state index in [0.717, 1.165) is 4.96 Å². The van der Waals surface area contributed by atoms with Crippen molar-refractivity contribution in [3.63, 3.8) is 0 Å². The minimum atomic E-state index is -2.98. The van der Waals surface area contributed by atoms with Gasteiger partial charge in [-0.2, -0.15) is 0 Å². The Kier molecular flexibility index (Phi) is 2.63. The van der Waals surface area contributed by atoms with Gasteiger partial charge in [-0.1, -0.05) is 0 Å². The number of carbonyl (C=O) groups excluding carboxylic acids is 1. The number of nitrogens with zero attached hydrogens (tertiary/aromatic N) is 2. The van der Waals surface area contributed by atoms with Crippen molar-refractivity contribution in [1.82, 2.24) is 14.7 Å². The zero-order valence-electron chi connectivity index (χ0n) is 9.37. The van der Waals surface area contributed by atoms with E-state index in [4.69, 9.17) is 0 Å². The highest BCUT2D eigenvalue weighted by molar-refractivity contribution is 7.91. The summed E-state index contributed by atoms with van der Waals surface area (Å²) in [5.74, 6) is -0.134. The van der Waals surface area contributed by atoms with Crippen molar-refractivity contribution >= 4 is 32.0 Å². The third kappa shape index (κ3) is 2.13. The van der Waals surface area contributed by atoms with Crippen LogP contribution in [0.25, 0.3) is 4.96 Å². The average molecular weight is 285 g/mol. The minimum absolute atomic E-state index is 0.0287. The summed E-state index contributed by atoms with van der Waals surface area (Å²) in [6.07, 6.45) is 3.95. The van der Waals surface area contributed by atoms with E-state index in [2.05, 4.69) is 10.3 Å². The van der Waals surface area contributed by atoms with Gasteiger partial charge >= 0.3 is 0 Å². The molecular formula is C10H11N3O3S2. The normalized spacial score (nSPS) is 22.3. The maximum absolute atomic E-state index is 11.9. The van der Waals surface area contributed by atoms with Gasteiger partial charge in [0.05, 0.1) is 11.5 Å². The number of aromatic nitrogens is 2. The number of amides is 1. The Morgan fingerprint density at radius 1 is 1.56 bits per heavy atom. The Balaban J connectivity index is 1.74. The number of nitrogens with one attached hydrogen (secondary N) is 1. The molecule has 1 unspecified atom stereocenters. The maximum Gasteiger partial charge on any atom is 0.271 e. The predicted molar refractivity (Wildman–Crippen MR) is 67.6 cm³/mol. The summed E-state index contributed by atoms with van der Waals surface area (Å²) in [5, 5.41) is 4.59. The first-order valence-corrected chi connectivity index (χ1v) is 8.17. The topological polar surface area (TPSA) is 80.5 Å². The van der Waals surface area contributed by atoms with Gasteiger partial charge in [-0.05, 0) is 6.42 Å². The summed E-state index contributed by atoms with van der Waals surface area (Å²) in [4.78, 5) is 16.8. The largest absolute Gasteiger partial charge is 0.347 e. The Labute approximate surface area is 108 Å². The van der Waals surface area contributed by atoms with Gasteiger partial charge < -0.3 is 5.32 Å². The van der Waals surface area contributed by atoms with Crippen LogP contribution in [-0.2, 0) is 9.84 Å². The third-order valence-electron chi connectivity index (χ3n) is 2.89. The minimum Gasteiger partial charge on any atom is -0.347 e. The van der Waals surface area contributed by atoms with Crippen molar-refractivity contribution in [3.8, 4) is 0 Å². The van der Waals surface area contributed by atoms with Crippen LogP contribution in [0, 0.1) is 0 Å². The van der Waals surface area contributed by atoms with E-state index < -0.39 is 9.84 Å². The predicted octanol–water partition coefficient (Wildman–Crippen LogP) is 0.313. The van der Waals surface area contributed by atoms with Gasteiger partial charge in [0.2, 0.25) is 0 Å². The number of hydrogen-bond donors (Lipinski definition) is 1. The molecule has 1 aliphatic heterocycles. The SMILES string of the molecule is O=C(NC1CCS(=O)(=O)C1)c1cn2ccsc2n1. The molecule has 0 aliphatic carbocycles. The molecule has 0 radical (unpaired) electrons. The third-order valence-corrected chi connectivity index (χ3v) is 5.43. The molecule has 6 nitrogen and oxygen atoms in total. The number of imidazole rings is 1. The van der Waals surface area contributed by atoms with Crippen molar-refractivity contribution in [2.45, 2.75) is 12.5 Å². The summed E-state index contributed by atoms with van der Waals surface area (Å²) in [6, 6.07) is -0.290. The number of thiazole rings is 1. The monoisotopic (exact) mass is 285 g/mol. The van der Waals surface area contributed by atoms with Gasteiger partial charge in [0.25, 0.3) is 5.91 Å². The van der Waals surface area contributed by atoms with E-state index in [1.807, 2.05) is 11.6 Å². The van der Waals surface area contributed by atoms with Crippen molar-refractivity contribution in [2.24, 2.45) is 0 Å². The quantitative estimate of drug-likeness (QED) is 0.861. The van der Waals surface area contributed by atoms with Crippen LogP contribution in [0.5, 0.6) is 0 Å². The fourth-order valence-corrected chi connectivity index (χ4v) is 4.38. The highest BCUT2D eigenvalue weighted by Crippen LogP contribution is 2.14. The standard InChI is InChI=1S/C10H11N3O3S2/c14-9(11-7-1-4-18(15,16)6-7)8-5-13-2-3-17-10(13)12-8/h2-3,5,7H,1,4,6H2,(H,11,14). The van der Waals surface area contributed by atoms with Crippen molar-refractivity contribution in [1.29, 1.82) is 0 Å². The van der Waals surface area contributed by atoms with Gasteiger partial charge in [0.1, 0.15) is 5.69 Å². The Morgan fingerprint density at radius 2 is 2.39 bits per heavy atom. The van der Waals surface area contributed by atoms with Crippen LogP contribution < -0.4 is 5.32 Å². The van der Waals surface area contributed by atoms with E-state index in [1.165, 1.54) is 11.3 Å². The molecule has 0 spiro atoms. The van der Waals surface area contributed by atoms with Gasteiger partial charge in [0.15, 0.2) is 14.8 Å². The molecule has 1 fully saturated rings. The van der Waals surface area contributed by atoms with Crippen molar-refractivity contribution < 1.29 is 13.2 Å². The van der Waals surface area contributed by atoms with Crippen molar-refractivity contribution in [3.05, 3.63) is 23.5 Å². The second-order valence-electron chi connectivity index (χ2n) is 4.29. The lowest BCUT2D eigenvalue weighted by Gasteiger charge is -2.08. The number of rotatable bonds is 2. The average Bonchev–Trinajstić information content (AvgIpc) is 2.91. The number of fused-ring (bicyclic) bond motifs is 1. The molecule has 1 aliphatic rings. The van der Waals surface area contributed by atoms with E-state index in [0.29, 0.717) is 12.1 Å². The van der Waals surface area contributed by atoms with Gasteiger partial charge in [0, 0.05) is 23.8 Å². The molecule has 1 amide bonds. The lowest BCUT2D eigenvalue weighted by molar-refractivity contribution is 0.0936. The maximum atomic E-state index is 11.9. The zero-order chi connectivity index (χ0) is 12.8. The molecule has 0 bridgehead atoms. The van der Waals surface area contributed by atoms with Crippen LogP contribution in [0.15, 0.2) is 17.8 Å². The van der Waals surface area contributed by atoms with Crippen LogP contribution in [0.1, 0.15) is 16.9 Å². The van der Waals surface area contributed by atoms with Crippen LogP contribution in [0.3, 0.4) is 0 Å². The molecular weight excluding hydrogens is 274 g/mol. The van der Waals surface area contributed by atoms with Crippen molar-refractivity contribution in [2.75, 3.05) is 11.5 Å². The lowest BCUT2D eigenvalue weighted by Crippen LogP contribution is -2.35. The molecule has 1 atom stereocenters. The molecule has 0 aromatic carbocycles. The molecule has 1 N–H and O–H groups in total. The van der Waals surface area contributed by atoms with Crippen LogP contribution in [-0.4, -0.2) is 41.3 Å². The molecule has 3 heterocycles. The molecule has 2 aromatic rings. The summed E-state index contributed by atoms with van der Waals surface area (Å²) in [7, 11) is -2.98. The smallest absolute Gasteiger partial charge is 0.271 e. The van der Waals surface area contributed by atoms with Crippen LogP contribution >= 0.6 is 11.3 Å². The second kappa shape index (κ2) is 4.06. The summed E-state index contributed by atoms with van der Waals surface area (Å²) in [6.45, 7) is 0. The van der Waals surface area contributed by atoms with Crippen LogP contribution in [0.4, 0.5) is 0 Å².